The first-order valence-electron chi connectivity index (χ1n) is 6.08. The molecule has 1 aromatic rings. The minimum Gasteiger partial charge on any atom is -0.465 e. The van der Waals surface area contributed by atoms with E-state index in [4.69, 9.17) is 0 Å². The van der Waals surface area contributed by atoms with Crippen molar-refractivity contribution in [3.63, 3.8) is 0 Å². The van der Waals surface area contributed by atoms with Crippen LogP contribution < -0.4 is 0 Å². The number of carbonyl (C=O) groups is 3. The van der Waals surface area contributed by atoms with Crippen molar-refractivity contribution < 1.29 is 27.5 Å². The lowest BCUT2D eigenvalue weighted by Gasteiger charge is -2.13. The second-order valence-corrected chi connectivity index (χ2v) is 6.56. The molecule has 1 aromatic carbocycles. The lowest BCUT2D eigenvalue weighted by Crippen LogP contribution is -2.14. The van der Waals surface area contributed by atoms with E-state index < -0.39 is 15.8 Å². The molecule has 0 bridgehead atoms. The maximum atomic E-state index is 11.8. The number of hydrogen-bond donors (Lipinski definition) is 0. The van der Waals surface area contributed by atoms with Crippen LogP contribution in [-0.2, 0) is 30.6 Å². The van der Waals surface area contributed by atoms with Gasteiger partial charge in [0.2, 0.25) is 0 Å². The minimum absolute atomic E-state index is 0.0430. The van der Waals surface area contributed by atoms with Crippen molar-refractivity contribution in [1.82, 2.24) is 0 Å². The summed E-state index contributed by atoms with van der Waals surface area (Å²) in [4.78, 5) is 33.6. The van der Waals surface area contributed by atoms with E-state index in [1.54, 1.807) is 6.92 Å². The molecule has 0 spiro atoms. The number of benzene rings is 1. The average Bonchev–Trinajstić information content (AvgIpc) is 2.39. The van der Waals surface area contributed by atoms with Gasteiger partial charge in [-0.3, -0.25) is 4.79 Å². The number of ketones is 1. The van der Waals surface area contributed by atoms with Gasteiger partial charge in [0.1, 0.15) is 12.1 Å². The number of aldehydes is 1. The largest absolute Gasteiger partial charge is 0.465 e. The zero-order valence-corrected chi connectivity index (χ0v) is 12.8. The van der Waals surface area contributed by atoms with E-state index in [1.165, 1.54) is 12.1 Å². The lowest BCUT2D eigenvalue weighted by atomic mass is 9.97. The fourth-order valence-electron chi connectivity index (χ4n) is 1.96. The molecule has 0 aliphatic heterocycles. The van der Waals surface area contributed by atoms with Crippen LogP contribution in [0.25, 0.3) is 0 Å². The van der Waals surface area contributed by atoms with E-state index in [2.05, 4.69) is 4.74 Å². The SMILES string of the molecule is COC(=O)c1c(S(C)(=O)=O)ccc(CC(=O)CC=O)c1C. The zero-order chi connectivity index (χ0) is 16.2. The topological polar surface area (TPSA) is 94.6 Å². The molecule has 0 N–H and O–H groups in total. The Morgan fingerprint density at radius 3 is 2.38 bits per heavy atom. The highest BCUT2D eigenvalue weighted by molar-refractivity contribution is 7.90. The predicted octanol–water partition coefficient (Wildman–Crippen LogP) is 0.886. The fraction of sp³-hybridized carbons (Fsp3) is 0.357. The Bertz CT molecular complexity index is 688. The number of ether oxygens (including phenoxy) is 1. The van der Waals surface area contributed by atoms with E-state index in [0.29, 0.717) is 17.4 Å². The summed E-state index contributed by atoms with van der Waals surface area (Å²) in [6, 6.07) is 2.75. The van der Waals surface area contributed by atoms with Crippen LogP contribution in [0.15, 0.2) is 17.0 Å². The summed E-state index contributed by atoms with van der Waals surface area (Å²) in [6.45, 7) is 1.55. The molecule has 114 valence electrons. The number of Topliss-reactive ketones (excluding diaryl/α,β-unsaturated/α-hetero) is 1. The van der Waals surface area contributed by atoms with E-state index in [-0.39, 0.29) is 29.1 Å². The highest BCUT2D eigenvalue weighted by Crippen LogP contribution is 2.24. The molecule has 0 atom stereocenters. The van der Waals surface area contributed by atoms with Crippen molar-refractivity contribution in [2.45, 2.75) is 24.7 Å². The third-order valence-corrected chi connectivity index (χ3v) is 4.17. The van der Waals surface area contributed by atoms with Crippen LogP contribution in [0.3, 0.4) is 0 Å². The molecule has 0 aliphatic carbocycles. The highest BCUT2D eigenvalue weighted by atomic mass is 32.2. The zero-order valence-electron chi connectivity index (χ0n) is 12.0. The van der Waals surface area contributed by atoms with Gasteiger partial charge < -0.3 is 9.53 Å². The number of methoxy groups -OCH3 is 1. The molecule has 0 fully saturated rings. The Morgan fingerprint density at radius 2 is 1.90 bits per heavy atom. The molecule has 0 aliphatic rings. The van der Waals surface area contributed by atoms with Crippen molar-refractivity contribution in [1.29, 1.82) is 0 Å². The quantitative estimate of drug-likeness (QED) is 0.440. The Hall–Kier alpha value is -2.02. The first kappa shape index (κ1) is 17.0. The third kappa shape index (κ3) is 3.98. The smallest absolute Gasteiger partial charge is 0.339 e. The predicted molar refractivity (Wildman–Crippen MR) is 75.0 cm³/mol. The van der Waals surface area contributed by atoms with Gasteiger partial charge in [-0.2, -0.15) is 0 Å². The molecular weight excluding hydrogens is 296 g/mol. The van der Waals surface area contributed by atoms with Gasteiger partial charge in [-0.15, -0.1) is 0 Å². The van der Waals surface area contributed by atoms with Crippen molar-refractivity contribution in [3.05, 3.63) is 28.8 Å². The Labute approximate surface area is 123 Å². The monoisotopic (exact) mass is 312 g/mol. The molecule has 0 radical (unpaired) electrons. The summed E-state index contributed by atoms with van der Waals surface area (Å²) in [6.07, 6.45) is 1.23. The fourth-order valence-corrected chi connectivity index (χ4v) is 2.89. The summed E-state index contributed by atoms with van der Waals surface area (Å²) in [7, 11) is -2.46. The van der Waals surface area contributed by atoms with Gasteiger partial charge >= 0.3 is 5.97 Å². The Kier molecular flexibility index (Phi) is 5.37. The molecular formula is C14H16O6S. The van der Waals surface area contributed by atoms with Crippen LogP contribution in [0.5, 0.6) is 0 Å². The van der Waals surface area contributed by atoms with Gasteiger partial charge in [-0.25, -0.2) is 13.2 Å². The summed E-state index contributed by atoms with van der Waals surface area (Å²) >= 11 is 0. The van der Waals surface area contributed by atoms with Crippen molar-refractivity contribution in [2.75, 3.05) is 13.4 Å². The number of carbonyl (C=O) groups excluding carboxylic acids is 3. The number of sulfone groups is 1. The van der Waals surface area contributed by atoms with Crippen molar-refractivity contribution in [3.8, 4) is 0 Å². The lowest BCUT2D eigenvalue weighted by molar-refractivity contribution is -0.121. The minimum atomic E-state index is -3.61. The first-order valence-corrected chi connectivity index (χ1v) is 7.97. The van der Waals surface area contributed by atoms with Crippen molar-refractivity contribution in [2.24, 2.45) is 0 Å². The summed E-state index contributed by atoms with van der Waals surface area (Å²) < 4.78 is 28.1. The van der Waals surface area contributed by atoms with E-state index >= 15 is 0 Å². The summed E-state index contributed by atoms with van der Waals surface area (Å²) in [5.74, 6) is -1.09. The van der Waals surface area contributed by atoms with E-state index in [1.807, 2.05) is 0 Å². The molecule has 0 heterocycles. The molecule has 6 nitrogen and oxygen atoms in total. The molecule has 7 heteroatoms. The standard InChI is InChI=1S/C14H16O6S/c1-9-10(8-11(16)6-7-15)4-5-12(21(3,18)19)13(9)14(17)20-2/h4-5,7H,6,8H2,1-3H3. The summed E-state index contributed by atoms with van der Waals surface area (Å²) in [5, 5.41) is 0. The van der Waals surface area contributed by atoms with Crippen LogP contribution in [0.1, 0.15) is 27.9 Å². The molecule has 1 rings (SSSR count). The molecule has 0 saturated heterocycles. The van der Waals surface area contributed by atoms with Gasteiger partial charge in [0.15, 0.2) is 9.84 Å². The van der Waals surface area contributed by atoms with E-state index in [0.717, 1.165) is 13.4 Å². The molecule has 0 amide bonds. The van der Waals surface area contributed by atoms with Crippen LogP contribution >= 0.6 is 0 Å². The third-order valence-electron chi connectivity index (χ3n) is 3.03. The maximum Gasteiger partial charge on any atom is 0.339 e. The van der Waals surface area contributed by atoms with Gasteiger partial charge in [-0.1, -0.05) is 6.07 Å². The average molecular weight is 312 g/mol. The van der Waals surface area contributed by atoms with Crippen LogP contribution in [-0.4, -0.2) is 39.8 Å². The van der Waals surface area contributed by atoms with Gasteiger partial charge in [0, 0.05) is 12.7 Å². The van der Waals surface area contributed by atoms with E-state index in [9.17, 15) is 22.8 Å². The molecule has 0 aromatic heterocycles. The van der Waals surface area contributed by atoms with Crippen LogP contribution in [0.2, 0.25) is 0 Å². The Morgan fingerprint density at radius 1 is 1.29 bits per heavy atom. The summed E-state index contributed by atoms with van der Waals surface area (Å²) in [5.41, 5.74) is 0.787. The molecule has 0 saturated carbocycles. The molecule has 0 unspecified atom stereocenters. The van der Waals surface area contributed by atoms with Crippen LogP contribution in [0, 0.1) is 6.92 Å². The maximum absolute atomic E-state index is 11.8. The normalized spacial score (nSPS) is 11.0. The number of rotatable bonds is 6. The second-order valence-electron chi connectivity index (χ2n) is 4.57. The van der Waals surface area contributed by atoms with Gasteiger partial charge in [0.05, 0.1) is 24.0 Å². The molecule has 21 heavy (non-hydrogen) atoms. The van der Waals surface area contributed by atoms with Crippen molar-refractivity contribution >= 4 is 27.9 Å². The number of esters is 1. The van der Waals surface area contributed by atoms with Gasteiger partial charge in [0.25, 0.3) is 0 Å². The van der Waals surface area contributed by atoms with Gasteiger partial charge in [-0.05, 0) is 24.1 Å². The highest BCUT2D eigenvalue weighted by Gasteiger charge is 2.23. The second kappa shape index (κ2) is 6.62. The Balaban J connectivity index is 3.44. The van der Waals surface area contributed by atoms with Crippen LogP contribution in [0.4, 0.5) is 0 Å². The first-order chi connectivity index (χ1) is 9.72. The number of hydrogen-bond acceptors (Lipinski definition) is 6.